The summed E-state index contributed by atoms with van der Waals surface area (Å²) in [5.41, 5.74) is 2.68. The van der Waals surface area contributed by atoms with E-state index in [1.807, 2.05) is 0 Å². The third kappa shape index (κ3) is 2.50. The van der Waals surface area contributed by atoms with Crippen molar-refractivity contribution in [1.29, 1.82) is 0 Å². The van der Waals surface area contributed by atoms with Crippen molar-refractivity contribution >= 4 is 5.91 Å². The molecule has 0 saturated carbocycles. The summed E-state index contributed by atoms with van der Waals surface area (Å²) in [4.78, 5) is 14.2. The standard InChI is InChI=1S/C14H20N2O/c1-3-8-16-10-12-7-5-4-6-11(12)9-13(16)14(17)15-2/h4-7,13H,3,8-10H2,1-2H3,(H,15,17). The summed E-state index contributed by atoms with van der Waals surface area (Å²) in [7, 11) is 1.72. The number of hydrogen-bond donors (Lipinski definition) is 1. The van der Waals surface area contributed by atoms with Crippen LogP contribution in [0.3, 0.4) is 0 Å². The molecule has 0 spiro atoms. The Kier molecular flexibility index (Phi) is 3.79. The van der Waals surface area contributed by atoms with Gasteiger partial charge in [-0.3, -0.25) is 9.69 Å². The summed E-state index contributed by atoms with van der Waals surface area (Å²) in [6.07, 6.45) is 1.91. The molecule has 0 fully saturated rings. The zero-order valence-electron chi connectivity index (χ0n) is 10.6. The monoisotopic (exact) mass is 232 g/mol. The number of nitrogens with zero attached hydrogens (tertiary/aromatic N) is 1. The third-order valence-corrected chi connectivity index (χ3v) is 3.41. The van der Waals surface area contributed by atoms with Crippen molar-refractivity contribution in [3.8, 4) is 0 Å². The molecule has 1 amide bonds. The molecular formula is C14H20N2O. The lowest BCUT2D eigenvalue weighted by molar-refractivity contribution is -0.126. The number of benzene rings is 1. The molecule has 0 saturated heterocycles. The molecule has 17 heavy (non-hydrogen) atoms. The van der Waals surface area contributed by atoms with Crippen LogP contribution in [0.2, 0.25) is 0 Å². The molecule has 1 N–H and O–H groups in total. The molecule has 0 bridgehead atoms. The van der Waals surface area contributed by atoms with Gasteiger partial charge in [-0.15, -0.1) is 0 Å². The third-order valence-electron chi connectivity index (χ3n) is 3.41. The molecule has 0 aliphatic carbocycles. The topological polar surface area (TPSA) is 32.3 Å². The van der Waals surface area contributed by atoms with Crippen molar-refractivity contribution in [2.24, 2.45) is 0 Å². The van der Waals surface area contributed by atoms with E-state index in [2.05, 4.69) is 41.4 Å². The fraction of sp³-hybridized carbons (Fsp3) is 0.500. The summed E-state index contributed by atoms with van der Waals surface area (Å²) in [5.74, 6) is 0.132. The Morgan fingerprint density at radius 2 is 2.12 bits per heavy atom. The van der Waals surface area contributed by atoms with Crippen molar-refractivity contribution in [1.82, 2.24) is 10.2 Å². The fourth-order valence-corrected chi connectivity index (χ4v) is 2.52. The highest BCUT2D eigenvalue weighted by atomic mass is 16.2. The molecule has 1 aliphatic rings. The van der Waals surface area contributed by atoms with Crippen LogP contribution in [-0.2, 0) is 17.8 Å². The van der Waals surface area contributed by atoms with E-state index in [4.69, 9.17) is 0 Å². The first kappa shape index (κ1) is 12.1. The smallest absolute Gasteiger partial charge is 0.237 e. The summed E-state index contributed by atoms with van der Waals surface area (Å²) >= 11 is 0. The lowest BCUT2D eigenvalue weighted by atomic mass is 9.93. The molecule has 0 aromatic heterocycles. The molecule has 0 radical (unpaired) electrons. The largest absolute Gasteiger partial charge is 0.358 e. The highest BCUT2D eigenvalue weighted by Gasteiger charge is 2.29. The van der Waals surface area contributed by atoms with Gasteiger partial charge in [0.25, 0.3) is 0 Å². The highest BCUT2D eigenvalue weighted by Crippen LogP contribution is 2.23. The Bertz CT molecular complexity index is 403. The number of carbonyl (C=O) groups excluding carboxylic acids is 1. The molecule has 1 unspecified atom stereocenters. The maximum absolute atomic E-state index is 11.9. The zero-order valence-corrected chi connectivity index (χ0v) is 10.6. The Labute approximate surface area is 103 Å². The normalized spacial score (nSPS) is 19.8. The number of amides is 1. The van der Waals surface area contributed by atoms with Crippen LogP contribution in [0.15, 0.2) is 24.3 Å². The second-order valence-electron chi connectivity index (χ2n) is 4.57. The SMILES string of the molecule is CCCN1Cc2ccccc2CC1C(=O)NC. The van der Waals surface area contributed by atoms with Crippen LogP contribution in [0.4, 0.5) is 0 Å². The van der Waals surface area contributed by atoms with E-state index in [-0.39, 0.29) is 11.9 Å². The second kappa shape index (κ2) is 5.32. The van der Waals surface area contributed by atoms with Crippen LogP contribution in [-0.4, -0.2) is 30.4 Å². The maximum atomic E-state index is 11.9. The maximum Gasteiger partial charge on any atom is 0.237 e. The van der Waals surface area contributed by atoms with Crippen molar-refractivity contribution in [3.63, 3.8) is 0 Å². The fourth-order valence-electron chi connectivity index (χ4n) is 2.52. The van der Waals surface area contributed by atoms with Crippen LogP contribution in [0.5, 0.6) is 0 Å². The predicted octanol–water partition coefficient (Wildman–Crippen LogP) is 1.57. The summed E-state index contributed by atoms with van der Waals surface area (Å²) < 4.78 is 0. The predicted molar refractivity (Wildman–Crippen MR) is 68.7 cm³/mol. The van der Waals surface area contributed by atoms with Crippen molar-refractivity contribution in [2.75, 3.05) is 13.6 Å². The van der Waals surface area contributed by atoms with Gasteiger partial charge in [-0.1, -0.05) is 31.2 Å². The zero-order chi connectivity index (χ0) is 12.3. The van der Waals surface area contributed by atoms with E-state index in [0.29, 0.717) is 0 Å². The molecule has 1 aromatic rings. The Hall–Kier alpha value is -1.35. The molecular weight excluding hydrogens is 212 g/mol. The first-order valence-electron chi connectivity index (χ1n) is 6.28. The minimum absolute atomic E-state index is 0.00477. The molecule has 92 valence electrons. The van der Waals surface area contributed by atoms with E-state index in [1.54, 1.807) is 7.05 Å². The highest BCUT2D eigenvalue weighted by molar-refractivity contribution is 5.82. The molecule has 2 rings (SSSR count). The van der Waals surface area contributed by atoms with Crippen LogP contribution in [0, 0.1) is 0 Å². The lowest BCUT2D eigenvalue weighted by Gasteiger charge is -2.35. The van der Waals surface area contributed by atoms with Crippen molar-refractivity contribution in [3.05, 3.63) is 35.4 Å². The Balaban J connectivity index is 2.24. The van der Waals surface area contributed by atoms with Crippen LogP contribution >= 0.6 is 0 Å². The molecule has 1 aromatic carbocycles. The van der Waals surface area contributed by atoms with E-state index in [9.17, 15) is 4.79 Å². The van der Waals surface area contributed by atoms with Gasteiger partial charge in [0.1, 0.15) is 0 Å². The number of nitrogens with one attached hydrogen (secondary N) is 1. The van der Waals surface area contributed by atoms with E-state index in [1.165, 1.54) is 11.1 Å². The van der Waals surface area contributed by atoms with Gasteiger partial charge in [0.2, 0.25) is 5.91 Å². The molecule has 3 nitrogen and oxygen atoms in total. The van der Waals surface area contributed by atoms with Crippen LogP contribution < -0.4 is 5.32 Å². The minimum atomic E-state index is -0.00477. The van der Waals surface area contributed by atoms with Gasteiger partial charge in [0.15, 0.2) is 0 Å². The van der Waals surface area contributed by atoms with Gasteiger partial charge < -0.3 is 5.32 Å². The lowest BCUT2D eigenvalue weighted by Crippen LogP contribution is -2.49. The summed E-state index contributed by atoms with van der Waals surface area (Å²) in [6.45, 7) is 4.02. The number of carbonyl (C=O) groups is 1. The average Bonchev–Trinajstić information content (AvgIpc) is 2.37. The molecule has 3 heteroatoms. The van der Waals surface area contributed by atoms with Crippen molar-refractivity contribution in [2.45, 2.75) is 32.4 Å². The van der Waals surface area contributed by atoms with Gasteiger partial charge >= 0.3 is 0 Å². The van der Waals surface area contributed by atoms with E-state index in [0.717, 1.165) is 25.9 Å². The van der Waals surface area contributed by atoms with Gasteiger partial charge in [-0.05, 0) is 30.5 Å². The second-order valence-corrected chi connectivity index (χ2v) is 4.57. The quantitative estimate of drug-likeness (QED) is 0.858. The van der Waals surface area contributed by atoms with Gasteiger partial charge in [0, 0.05) is 13.6 Å². The van der Waals surface area contributed by atoms with Gasteiger partial charge in [0.05, 0.1) is 6.04 Å². The Morgan fingerprint density at radius 3 is 2.76 bits per heavy atom. The number of fused-ring (bicyclic) bond motifs is 1. The van der Waals surface area contributed by atoms with E-state index >= 15 is 0 Å². The minimum Gasteiger partial charge on any atom is -0.358 e. The van der Waals surface area contributed by atoms with Gasteiger partial charge in [-0.2, -0.15) is 0 Å². The molecule has 1 atom stereocenters. The molecule has 1 aliphatic heterocycles. The average molecular weight is 232 g/mol. The number of hydrogen-bond acceptors (Lipinski definition) is 2. The number of rotatable bonds is 3. The molecule has 1 heterocycles. The van der Waals surface area contributed by atoms with Crippen LogP contribution in [0.1, 0.15) is 24.5 Å². The Morgan fingerprint density at radius 1 is 1.41 bits per heavy atom. The van der Waals surface area contributed by atoms with Crippen molar-refractivity contribution < 1.29 is 4.79 Å². The first-order valence-corrected chi connectivity index (χ1v) is 6.28. The summed E-state index contributed by atoms with van der Waals surface area (Å²) in [5, 5.41) is 2.77. The summed E-state index contributed by atoms with van der Waals surface area (Å²) in [6, 6.07) is 8.42. The van der Waals surface area contributed by atoms with E-state index < -0.39 is 0 Å². The number of likely N-dealkylation sites (N-methyl/N-ethyl adjacent to an activating group) is 1. The van der Waals surface area contributed by atoms with Gasteiger partial charge in [-0.25, -0.2) is 0 Å². The van der Waals surface area contributed by atoms with Crippen LogP contribution in [0.25, 0.3) is 0 Å². The first-order chi connectivity index (χ1) is 8.26.